The highest BCUT2D eigenvalue weighted by Gasteiger charge is 2.11. The third-order valence-corrected chi connectivity index (χ3v) is 3.81. The van der Waals surface area contributed by atoms with Crippen LogP contribution in [0, 0.1) is 5.92 Å². The van der Waals surface area contributed by atoms with Crippen molar-refractivity contribution in [2.24, 2.45) is 10.9 Å². The van der Waals surface area contributed by atoms with Crippen LogP contribution in [0.1, 0.15) is 31.3 Å². The van der Waals surface area contributed by atoms with Crippen molar-refractivity contribution in [3.63, 3.8) is 0 Å². The van der Waals surface area contributed by atoms with Gasteiger partial charge in [0.1, 0.15) is 11.5 Å². The molecule has 1 aromatic carbocycles. The summed E-state index contributed by atoms with van der Waals surface area (Å²) in [5.41, 5.74) is 0.591. The van der Waals surface area contributed by atoms with Crippen molar-refractivity contribution >= 4 is 29.9 Å². The maximum absolute atomic E-state index is 12.2. The van der Waals surface area contributed by atoms with E-state index in [9.17, 15) is 13.9 Å². The fourth-order valence-corrected chi connectivity index (χ4v) is 2.39. The van der Waals surface area contributed by atoms with E-state index >= 15 is 0 Å². The molecule has 0 bridgehead atoms. The van der Waals surface area contributed by atoms with Gasteiger partial charge in [0.05, 0.1) is 12.4 Å². The Labute approximate surface area is 186 Å². The van der Waals surface area contributed by atoms with Crippen LogP contribution in [0.5, 0.6) is 5.75 Å². The van der Waals surface area contributed by atoms with Crippen molar-refractivity contribution in [3.05, 3.63) is 54.0 Å². The standard InChI is InChI=1S/C20H27F2N3O3.HI/c1-14(2)12-24-20(23-10-9-16-4-3-11-27-16)25-13-18(26)15-5-7-17(8-6-15)28-19(21)22;/h3-8,11,14,18-19,26H,9-10,12-13H2,1-2H3,(H2,23,24,25);1H. The van der Waals surface area contributed by atoms with Crippen LogP contribution in [0.2, 0.25) is 0 Å². The fraction of sp³-hybridized carbons (Fsp3) is 0.450. The fourth-order valence-electron chi connectivity index (χ4n) is 2.39. The molecule has 0 saturated heterocycles. The van der Waals surface area contributed by atoms with E-state index in [-0.39, 0.29) is 36.3 Å². The highest BCUT2D eigenvalue weighted by atomic mass is 127. The smallest absolute Gasteiger partial charge is 0.387 e. The zero-order valence-electron chi connectivity index (χ0n) is 16.5. The summed E-state index contributed by atoms with van der Waals surface area (Å²) in [4.78, 5) is 4.50. The summed E-state index contributed by atoms with van der Waals surface area (Å²) in [6, 6.07) is 9.67. The number of hydrogen-bond acceptors (Lipinski definition) is 4. The van der Waals surface area contributed by atoms with Gasteiger partial charge < -0.3 is 24.9 Å². The number of nitrogens with one attached hydrogen (secondary N) is 2. The number of guanidine groups is 1. The molecule has 1 heterocycles. The van der Waals surface area contributed by atoms with Crippen LogP contribution >= 0.6 is 24.0 Å². The number of halogens is 3. The van der Waals surface area contributed by atoms with Gasteiger partial charge in [0, 0.05) is 26.1 Å². The van der Waals surface area contributed by atoms with Gasteiger partial charge in [-0.1, -0.05) is 26.0 Å². The predicted molar refractivity (Wildman–Crippen MR) is 119 cm³/mol. The van der Waals surface area contributed by atoms with Gasteiger partial charge in [0.25, 0.3) is 0 Å². The van der Waals surface area contributed by atoms with E-state index in [1.165, 1.54) is 12.1 Å². The zero-order valence-corrected chi connectivity index (χ0v) is 18.8. The van der Waals surface area contributed by atoms with E-state index in [0.717, 1.165) is 5.76 Å². The van der Waals surface area contributed by atoms with E-state index in [1.54, 1.807) is 18.4 Å². The van der Waals surface area contributed by atoms with Crippen molar-refractivity contribution in [1.82, 2.24) is 10.6 Å². The van der Waals surface area contributed by atoms with Gasteiger partial charge in [-0.15, -0.1) is 24.0 Å². The van der Waals surface area contributed by atoms with E-state index < -0.39 is 12.7 Å². The SMILES string of the molecule is CC(C)CN=C(NCCc1ccco1)NCC(O)c1ccc(OC(F)F)cc1.I. The maximum Gasteiger partial charge on any atom is 0.387 e. The first kappa shape index (κ1) is 25.2. The summed E-state index contributed by atoms with van der Waals surface area (Å²) in [6.07, 6.45) is 1.52. The number of furan rings is 1. The Bertz CT molecular complexity index is 710. The van der Waals surface area contributed by atoms with Gasteiger partial charge in [-0.05, 0) is 35.7 Å². The second-order valence-corrected chi connectivity index (χ2v) is 6.68. The molecular formula is C20H28F2IN3O3. The molecule has 3 N–H and O–H groups in total. The highest BCUT2D eigenvalue weighted by Crippen LogP contribution is 2.19. The summed E-state index contributed by atoms with van der Waals surface area (Å²) in [5.74, 6) is 1.92. The molecular weight excluding hydrogens is 495 g/mol. The lowest BCUT2D eigenvalue weighted by Gasteiger charge is -2.17. The Morgan fingerprint density at radius 2 is 1.90 bits per heavy atom. The quantitative estimate of drug-likeness (QED) is 0.250. The second-order valence-electron chi connectivity index (χ2n) is 6.68. The van der Waals surface area contributed by atoms with Gasteiger partial charge in [0.2, 0.25) is 0 Å². The summed E-state index contributed by atoms with van der Waals surface area (Å²) in [6.45, 7) is 2.77. The van der Waals surface area contributed by atoms with Crippen LogP contribution in [0.25, 0.3) is 0 Å². The molecule has 29 heavy (non-hydrogen) atoms. The summed E-state index contributed by atoms with van der Waals surface area (Å²) in [5, 5.41) is 16.7. The Kier molecular flexibility index (Phi) is 11.6. The molecule has 2 aromatic rings. The monoisotopic (exact) mass is 523 g/mol. The summed E-state index contributed by atoms with van der Waals surface area (Å²) >= 11 is 0. The van der Waals surface area contributed by atoms with E-state index in [4.69, 9.17) is 4.42 Å². The zero-order chi connectivity index (χ0) is 20.4. The lowest BCUT2D eigenvalue weighted by Crippen LogP contribution is -2.40. The first-order valence-corrected chi connectivity index (χ1v) is 9.21. The molecule has 1 aromatic heterocycles. The van der Waals surface area contributed by atoms with Crippen LogP contribution in [0.15, 0.2) is 52.1 Å². The number of hydrogen-bond donors (Lipinski definition) is 3. The number of aliphatic imine (C=N–C) groups is 1. The van der Waals surface area contributed by atoms with Crippen LogP contribution < -0.4 is 15.4 Å². The van der Waals surface area contributed by atoms with Crippen LogP contribution in [0.4, 0.5) is 8.78 Å². The first-order valence-electron chi connectivity index (χ1n) is 9.21. The molecule has 0 amide bonds. The molecule has 1 unspecified atom stereocenters. The van der Waals surface area contributed by atoms with Crippen LogP contribution in [0.3, 0.4) is 0 Å². The Balaban J connectivity index is 0.00000420. The largest absolute Gasteiger partial charge is 0.469 e. The average molecular weight is 523 g/mol. The minimum Gasteiger partial charge on any atom is -0.469 e. The van der Waals surface area contributed by atoms with Crippen LogP contribution in [-0.2, 0) is 6.42 Å². The Morgan fingerprint density at radius 3 is 2.48 bits per heavy atom. The number of aliphatic hydroxyl groups is 1. The minimum atomic E-state index is -2.87. The van der Waals surface area contributed by atoms with Crippen molar-refractivity contribution in [1.29, 1.82) is 0 Å². The van der Waals surface area contributed by atoms with E-state index in [0.29, 0.717) is 37.0 Å². The van der Waals surface area contributed by atoms with Gasteiger partial charge >= 0.3 is 6.61 Å². The summed E-state index contributed by atoms with van der Waals surface area (Å²) in [7, 11) is 0. The molecule has 2 rings (SSSR count). The summed E-state index contributed by atoms with van der Waals surface area (Å²) < 4.78 is 34.0. The van der Waals surface area contributed by atoms with Crippen molar-refractivity contribution in [2.45, 2.75) is 33.0 Å². The molecule has 162 valence electrons. The van der Waals surface area contributed by atoms with E-state index in [2.05, 4.69) is 34.2 Å². The molecule has 0 spiro atoms. The lowest BCUT2D eigenvalue weighted by atomic mass is 10.1. The minimum absolute atomic E-state index is 0. The molecule has 0 aliphatic carbocycles. The van der Waals surface area contributed by atoms with E-state index in [1.807, 2.05) is 12.1 Å². The number of benzene rings is 1. The average Bonchev–Trinajstić information content (AvgIpc) is 3.16. The predicted octanol–water partition coefficient (Wildman–Crippen LogP) is 3.97. The third kappa shape index (κ3) is 9.93. The molecule has 9 heteroatoms. The Morgan fingerprint density at radius 1 is 1.17 bits per heavy atom. The van der Waals surface area contributed by atoms with Gasteiger partial charge in [-0.25, -0.2) is 0 Å². The number of nitrogens with zero attached hydrogens (tertiary/aromatic N) is 1. The Hall–Kier alpha value is -1.88. The first-order chi connectivity index (χ1) is 13.4. The number of aliphatic hydroxyl groups excluding tert-OH is 1. The molecule has 0 fully saturated rings. The van der Waals surface area contributed by atoms with Gasteiger partial charge in [-0.3, -0.25) is 4.99 Å². The molecule has 0 aliphatic rings. The normalized spacial score (nSPS) is 12.6. The number of rotatable bonds is 10. The molecule has 0 radical (unpaired) electrons. The lowest BCUT2D eigenvalue weighted by molar-refractivity contribution is -0.0498. The highest BCUT2D eigenvalue weighted by molar-refractivity contribution is 14.0. The molecule has 0 saturated carbocycles. The third-order valence-electron chi connectivity index (χ3n) is 3.81. The maximum atomic E-state index is 12.2. The van der Waals surface area contributed by atoms with Crippen molar-refractivity contribution in [2.75, 3.05) is 19.6 Å². The molecule has 0 aliphatic heterocycles. The second kappa shape index (κ2) is 13.4. The van der Waals surface area contributed by atoms with Crippen molar-refractivity contribution < 1.29 is 23.0 Å². The van der Waals surface area contributed by atoms with Gasteiger partial charge in [-0.2, -0.15) is 8.78 Å². The van der Waals surface area contributed by atoms with Crippen LogP contribution in [-0.4, -0.2) is 37.3 Å². The number of ether oxygens (including phenoxy) is 1. The topological polar surface area (TPSA) is 79.0 Å². The molecule has 1 atom stereocenters. The number of alkyl halides is 2. The van der Waals surface area contributed by atoms with Crippen molar-refractivity contribution in [3.8, 4) is 5.75 Å². The van der Waals surface area contributed by atoms with Gasteiger partial charge in [0.15, 0.2) is 5.96 Å². The molecule has 6 nitrogen and oxygen atoms in total.